The number of aryl methyl sites for hydroxylation is 2. The van der Waals surface area contributed by atoms with Gasteiger partial charge in [-0.1, -0.05) is 35.8 Å². The van der Waals surface area contributed by atoms with Crippen LogP contribution >= 0.6 is 15.9 Å². The summed E-state index contributed by atoms with van der Waals surface area (Å²) >= 11 is 3.44. The number of nitrogens with one attached hydrogen (secondary N) is 1. The number of hydrogen-bond donors (Lipinski definition) is 1. The Bertz CT molecular complexity index is 427. The van der Waals surface area contributed by atoms with Crippen molar-refractivity contribution in [1.29, 1.82) is 0 Å². The lowest BCUT2D eigenvalue weighted by atomic mass is 9.90. The first-order valence-corrected chi connectivity index (χ1v) is 7.39. The summed E-state index contributed by atoms with van der Waals surface area (Å²) in [5.41, 5.74) is 3.24. The molecule has 2 nitrogen and oxygen atoms in total. The van der Waals surface area contributed by atoms with E-state index in [4.69, 9.17) is 0 Å². The van der Waals surface area contributed by atoms with Crippen molar-refractivity contribution in [1.82, 2.24) is 5.32 Å². The first kappa shape index (κ1) is 15.2. The molecule has 0 aromatic heterocycles. The number of benzene rings is 1. The van der Waals surface area contributed by atoms with Crippen LogP contribution in [0.4, 0.5) is 0 Å². The standard InChI is InChI=1S/C15H22BrNO/c1-11-5-6-13(9-12(11)2)14(18)17-10-15(3,4)7-8-16/h5-6,9H,7-8,10H2,1-4H3,(H,17,18). The molecule has 0 aliphatic heterocycles. The van der Waals surface area contributed by atoms with Crippen molar-refractivity contribution in [2.24, 2.45) is 5.41 Å². The Morgan fingerprint density at radius 3 is 2.50 bits per heavy atom. The molecule has 0 saturated heterocycles. The van der Waals surface area contributed by atoms with E-state index < -0.39 is 0 Å². The Labute approximate surface area is 118 Å². The van der Waals surface area contributed by atoms with E-state index in [-0.39, 0.29) is 11.3 Å². The molecule has 18 heavy (non-hydrogen) atoms. The molecule has 0 radical (unpaired) electrons. The molecule has 1 aromatic carbocycles. The van der Waals surface area contributed by atoms with Crippen molar-refractivity contribution < 1.29 is 4.79 Å². The van der Waals surface area contributed by atoms with Crippen LogP contribution in [0.5, 0.6) is 0 Å². The number of carbonyl (C=O) groups is 1. The van der Waals surface area contributed by atoms with Crippen molar-refractivity contribution in [3.63, 3.8) is 0 Å². The lowest BCUT2D eigenvalue weighted by molar-refractivity contribution is 0.0936. The maximum Gasteiger partial charge on any atom is 0.251 e. The highest BCUT2D eigenvalue weighted by molar-refractivity contribution is 9.09. The summed E-state index contributed by atoms with van der Waals surface area (Å²) in [5, 5.41) is 3.97. The summed E-state index contributed by atoms with van der Waals surface area (Å²) in [5.74, 6) is 0.0146. The van der Waals surface area contributed by atoms with E-state index in [0.29, 0.717) is 6.54 Å². The quantitative estimate of drug-likeness (QED) is 0.822. The highest BCUT2D eigenvalue weighted by atomic mass is 79.9. The van der Waals surface area contributed by atoms with Crippen molar-refractivity contribution >= 4 is 21.8 Å². The Morgan fingerprint density at radius 2 is 1.94 bits per heavy atom. The average molecular weight is 312 g/mol. The summed E-state index contributed by atoms with van der Waals surface area (Å²) < 4.78 is 0. The minimum absolute atomic E-state index is 0.0146. The summed E-state index contributed by atoms with van der Waals surface area (Å²) in [6.07, 6.45) is 1.04. The maximum atomic E-state index is 12.0. The summed E-state index contributed by atoms with van der Waals surface area (Å²) in [6.45, 7) is 9.10. The second-order valence-corrected chi connectivity index (χ2v) is 6.38. The minimum Gasteiger partial charge on any atom is -0.352 e. The van der Waals surface area contributed by atoms with Gasteiger partial charge in [0.15, 0.2) is 0 Å². The molecule has 0 fully saturated rings. The Hall–Kier alpha value is -0.830. The van der Waals surface area contributed by atoms with Gasteiger partial charge >= 0.3 is 0 Å². The molecule has 3 heteroatoms. The largest absolute Gasteiger partial charge is 0.352 e. The minimum atomic E-state index is 0.0146. The summed E-state index contributed by atoms with van der Waals surface area (Å²) in [4.78, 5) is 12.0. The van der Waals surface area contributed by atoms with Crippen molar-refractivity contribution in [3.05, 3.63) is 34.9 Å². The zero-order valence-electron chi connectivity index (χ0n) is 11.6. The Morgan fingerprint density at radius 1 is 1.28 bits per heavy atom. The number of rotatable bonds is 5. The number of alkyl halides is 1. The zero-order valence-corrected chi connectivity index (χ0v) is 13.2. The number of hydrogen-bond acceptors (Lipinski definition) is 1. The molecular weight excluding hydrogens is 290 g/mol. The third-order valence-electron chi connectivity index (χ3n) is 3.27. The molecule has 0 spiro atoms. The van der Waals surface area contributed by atoms with Gasteiger partial charge in [0.25, 0.3) is 5.91 Å². The molecular formula is C15H22BrNO. The second-order valence-electron chi connectivity index (χ2n) is 5.58. The van der Waals surface area contributed by atoms with Crippen molar-refractivity contribution in [2.75, 3.05) is 11.9 Å². The average Bonchev–Trinajstić information content (AvgIpc) is 2.30. The highest BCUT2D eigenvalue weighted by Gasteiger charge is 2.18. The SMILES string of the molecule is Cc1ccc(C(=O)NCC(C)(C)CCBr)cc1C. The Kier molecular flexibility index (Phi) is 5.39. The fourth-order valence-corrected chi connectivity index (χ4v) is 2.72. The molecule has 1 aromatic rings. The molecule has 0 bridgehead atoms. The van der Waals surface area contributed by atoms with E-state index in [2.05, 4.69) is 42.0 Å². The van der Waals surface area contributed by atoms with Gasteiger partial charge in [-0.25, -0.2) is 0 Å². The number of carbonyl (C=O) groups excluding carboxylic acids is 1. The van der Waals surface area contributed by atoms with E-state index in [1.165, 1.54) is 5.56 Å². The van der Waals surface area contributed by atoms with E-state index >= 15 is 0 Å². The fraction of sp³-hybridized carbons (Fsp3) is 0.533. The van der Waals surface area contributed by atoms with E-state index in [0.717, 1.165) is 22.9 Å². The molecule has 0 atom stereocenters. The summed E-state index contributed by atoms with van der Waals surface area (Å²) in [7, 11) is 0. The number of halogens is 1. The van der Waals surface area contributed by atoms with Gasteiger partial charge in [0.2, 0.25) is 0 Å². The number of amides is 1. The monoisotopic (exact) mass is 311 g/mol. The molecule has 0 saturated carbocycles. The first-order chi connectivity index (χ1) is 8.35. The Balaban J connectivity index is 2.63. The third-order valence-corrected chi connectivity index (χ3v) is 3.66. The lowest BCUT2D eigenvalue weighted by Crippen LogP contribution is -2.34. The van der Waals surface area contributed by atoms with Gasteiger partial charge in [0.1, 0.15) is 0 Å². The topological polar surface area (TPSA) is 29.1 Å². The van der Waals surface area contributed by atoms with Crippen LogP contribution in [0.25, 0.3) is 0 Å². The van der Waals surface area contributed by atoms with Gasteiger partial charge in [-0.05, 0) is 48.9 Å². The van der Waals surface area contributed by atoms with E-state index in [1.54, 1.807) is 0 Å². The van der Waals surface area contributed by atoms with Crippen LogP contribution in [0.3, 0.4) is 0 Å². The summed E-state index contributed by atoms with van der Waals surface area (Å²) in [6, 6.07) is 5.82. The van der Waals surface area contributed by atoms with Gasteiger partial charge in [-0.2, -0.15) is 0 Å². The predicted octanol–water partition coefficient (Wildman–Crippen LogP) is 3.84. The third kappa shape index (κ3) is 4.45. The molecule has 100 valence electrons. The second kappa shape index (κ2) is 6.37. The molecule has 1 amide bonds. The zero-order chi connectivity index (χ0) is 13.8. The van der Waals surface area contributed by atoms with Gasteiger partial charge in [-0.15, -0.1) is 0 Å². The van der Waals surface area contributed by atoms with Crippen LogP contribution in [0, 0.1) is 19.3 Å². The molecule has 1 N–H and O–H groups in total. The lowest BCUT2D eigenvalue weighted by Gasteiger charge is -2.23. The predicted molar refractivity (Wildman–Crippen MR) is 80.4 cm³/mol. The van der Waals surface area contributed by atoms with Crippen LogP contribution in [-0.4, -0.2) is 17.8 Å². The van der Waals surface area contributed by atoms with Gasteiger partial charge < -0.3 is 5.32 Å². The van der Waals surface area contributed by atoms with Crippen LogP contribution < -0.4 is 5.32 Å². The van der Waals surface area contributed by atoms with Crippen LogP contribution in [0.1, 0.15) is 41.8 Å². The molecule has 0 aliphatic carbocycles. The molecule has 0 heterocycles. The van der Waals surface area contributed by atoms with Crippen LogP contribution in [0.15, 0.2) is 18.2 Å². The van der Waals surface area contributed by atoms with Gasteiger partial charge in [0.05, 0.1) is 0 Å². The van der Waals surface area contributed by atoms with E-state index in [9.17, 15) is 4.79 Å². The maximum absolute atomic E-state index is 12.0. The van der Waals surface area contributed by atoms with Crippen LogP contribution in [0.2, 0.25) is 0 Å². The molecule has 1 rings (SSSR count). The normalized spacial score (nSPS) is 11.4. The highest BCUT2D eigenvalue weighted by Crippen LogP contribution is 2.20. The van der Waals surface area contributed by atoms with Crippen molar-refractivity contribution in [2.45, 2.75) is 34.1 Å². The molecule has 0 aliphatic rings. The molecule has 0 unspecified atom stereocenters. The van der Waals surface area contributed by atoms with Gasteiger partial charge in [0, 0.05) is 17.4 Å². The van der Waals surface area contributed by atoms with E-state index in [1.807, 2.05) is 25.1 Å². The van der Waals surface area contributed by atoms with Gasteiger partial charge in [-0.3, -0.25) is 4.79 Å². The fourth-order valence-electron chi connectivity index (χ4n) is 1.65. The first-order valence-electron chi connectivity index (χ1n) is 6.27. The van der Waals surface area contributed by atoms with Crippen LogP contribution in [-0.2, 0) is 0 Å². The smallest absolute Gasteiger partial charge is 0.251 e. The van der Waals surface area contributed by atoms with Crippen molar-refractivity contribution in [3.8, 4) is 0 Å².